The van der Waals surface area contributed by atoms with Gasteiger partial charge in [-0.2, -0.15) is 0 Å². The lowest BCUT2D eigenvalue weighted by Crippen LogP contribution is -2.33. The van der Waals surface area contributed by atoms with E-state index >= 15 is 0 Å². The molecular weight excluding hydrogens is 540 g/mol. The average Bonchev–Trinajstić information content (AvgIpc) is 3.66. The maximum Gasteiger partial charge on any atom is 0.293 e. The van der Waals surface area contributed by atoms with Crippen LogP contribution in [0.1, 0.15) is 10.6 Å². The molecule has 0 aliphatic rings. The molecular formula is C31H20N4O5S. The summed E-state index contributed by atoms with van der Waals surface area (Å²) in [6.45, 7) is 0. The van der Waals surface area contributed by atoms with Gasteiger partial charge in [0.15, 0.2) is 16.5 Å². The van der Waals surface area contributed by atoms with E-state index in [2.05, 4.69) is 27.8 Å². The summed E-state index contributed by atoms with van der Waals surface area (Å²) < 4.78 is 11.6. The van der Waals surface area contributed by atoms with Crippen LogP contribution in [0.5, 0.6) is 0 Å². The Labute approximate surface area is 238 Å². The number of carbonyl (C=O) groups is 1. The third-order valence-corrected chi connectivity index (χ3v) is 6.49. The summed E-state index contributed by atoms with van der Waals surface area (Å²) in [7, 11) is 0. The van der Waals surface area contributed by atoms with E-state index in [1.807, 2.05) is 42.5 Å². The minimum atomic E-state index is -0.567. The highest BCUT2D eigenvalue weighted by Gasteiger charge is 2.16. The first kappa shape index (κ1) is 25.7. The van der Waals surface area contributed by atoms with Crippen molar-refractivity contribution >= 4 is 45.7 Å². The van der Waals surface area contributed by atoms with Crippen LogP contribution < -0.4 is 10.6 Å². The van der Waals surface area contributed by atoms with Gasteiger partial charge in [-0.1, -0.05) is 54.6 Å². The molecule has 6 rings (SSSR count). The van der Waals surface area contributed by atoms with Crippen LogP contribution in [0.25, 0.3) is 45.0 Å². The SMILES string of the molecule is O=C(NC(=S)Nc1ccc2oc(-c3ccc(-c4ccccc4)cc3)nc2c1)c1ccc(-c2cccc([N+](=O)[O-])c2)o1. The Balaban J connectivity index is 1.12. The van der Waals surface area contributed by atoms with E-state index in [4.69, 9.17) is 21.1 Å². The lowest BCUT2D eigenvalue weighted by atomic mass is 10.0. The summed E-state index contributed by atoms with van der Waals surface area (Å²) in [5, 5.41) is 16.6. The zero-order valence-corrected chi connectivity index (χ0v) is 22.1. The number of anilines is 1. The van der Waals surface area contributed by atoms with Gasteiger partial charge in [-0.15, -0.1) is 0 Å². The second kappa shape index (κ2) is 10.9. The Bertz CT molecular complexity index is 1910. The van der Waals surface area contributed by atoms with Crippen molar-refractivity contribution in [3.05, 3.63) is 125 Å². The molecule has 6 aromatic rings. The monoisotopic (exact) mass is 560 g/mol. The largest absolute Gasteiger partial charge is 0.451 e. The molecule has 41 heavy (non-hydrogen) atoms. The number of fused-ring (bicyclic) bond motifs is 1. The third-order valence-electron chi connectivity index (χ3n) is 6.28. The number of hydrogen-bond donors (Lipinski definition) is 2. The van der Waals surface area contributed by atoms with Gasteiger partial charge in [-0.05, 0) is 65.8 Å². The molecule has 9 nitrogen and oxygen atoms in total. The molecule has 0 radical (unpaired) electrons. The molecule has 0 saturated carbocycles. The topological polar surface area (TPSA) is 123 Å². The summed E-state index contributed by atoms with van der Waals surface area (Å²) >= 11 is 5.31. The van der Waals surface area contributed by atoms with Gasteiger partial charge in [0, 0.05) is 28.9 Å². The number of nitrogens with one attached hydrogen (secondary N) is 2. The standard InChI is InChI=1S/C31H20N4O5S/c36-29(28-16-15-26(39-28)22-7-4-8-24(17-22)35(37)38)34-31(41)32-23-13-14-27-25(18-23)33-30(40-27)21-11-9-20(10-12-21)19-5-2-1-3-6-19/h1-18H,(H2,32,34,36,41). The second-order valence-corrected chi connectivity index (χ2v) is 9.43. The number of carbonyl (C=O) groups excluding carboxylic acids is 1. The first-order chi connectivity index (χ1) is 19.9. The highest BCUT2D eigenvalue weighted by atomic mass is 32.1. The fourth-order valence-corrected chi connectivity index (χ4v) is 4.49. The van der Waals surface area contributed by atoms with Crippen LogP contribution in [0.2, 0.25) is 0 Å². The average molecular weight is 561 g/mol. The molecule has 0 fully saturated rings. The van der Waals surface area contributed by atoms with Crippen molar-refractivity contribution in [2.45, 2.75) is 0 Å². The molecule has 0 spiro atoms. The Kier molecular flexibility index (Phi) is 6.80. The Morgan fingerprint density at radius 3 is 2.29 bits per heavy atom. The number of oxazole rings is 1. The predicted octanol–water partition coefficient (Wildman–Crippen LogP) is 7.46. The molecule has 10 heteroatoms. The number of aromatic nitrogens is 1. The molecule has 200 valence electrons. The Morgan fingerprint density at radius 1 is 0.780 bits per heavy atom. The van der Waals surface area contributed by atoms with Crippen LogP contribution in [0.4, 0.5) is 11.4 Å². The van der Waals surface area contributed by atoms with Crippen LogP contribution in [0.3, 0.4) is 0 Å². The Hall–Kier alpha value is -5.61. The van der Waals surface area contributed by atoms with Crippen molar-refractivity contribution in [2.75, 3.05) is 5.32 Å². The van der Waals surface area contributed by atoms with E-state index in [1.165, 1.54) is 18.2 Å². The van der Waals surface area contributed by atoms with E-state index in [0.29, 0.717) is 34.0 Å². The van der Waals surface area contributed by atoms with Gasteiger partial charge in [0.1, 0.15) is 11.3 Å². The highest BCUT2D eigenvalue weighted by molar-refractivity contribution is 7.80. The van der Waals surface area contributed by atoms with Gasteiger partial charge in [-0.3, -0.25) is 20.2 Å². The molecule has 0 atom stereocenters. The molecule has 2 aromatic heterocycles. The number of nitro groups is 1. The number of non-ortho nitro benzene ring substituents is 1. The number of benzene rings is 4. The van der Waals surface area contributed by atoms with Crippen LogP contribution in [0.15, 0.2) is 118 Å². The first-order valence-electron chi connectivity index (χ1n) is 12.5. The summed E-state index contributed by atoms with van der Waals surface area (Å²) in [6, 6.07) is 32.4. The van der Waals surface area contributed by atoms with E-state index in [9.17, 15) is 14.9 Å². The third kappa shape index (κ3) is 5.58. The fraction of sp³-hybridized carbons (Fsp3) is 0. The number of amides is 1. The number of thiocarbonyl (C=S) groups is 1. The van der Waals surface area contributed by atoms with Crippen molar-refractivity contribution in [1.82, 2.24) is 10.3 Å². The van der Waals surface area contributed by atoms with Crippen molar-refractivity contribution in [3.8, 4) is 33.9 Å². The Morgan fingerprint density at radius 2 is 1.51 bits per heavy atom. The zero-order chi connectivity index (χ0) is 28.3. The smallest absolute Gasteiger partial charge is 0.293 e. The molecule has 2 N–H and O–H groups in total. The maximum absolute atomic E-state index is 12.7. The van der Waals surface area contributed by atoms with Gasteiger partial charge in [0.2, 0.25) is 5.89 Å². The van der Waals surface area contributed by atoms with Crippen LogP contribution in [-0.2, 0) is 0 Å². The van der Waals surface area contributed by atoms with Crippen LogP contribution in [0, 0.1) is 10.1 Å². The van der Waals surface area contributed by atoms with Gasteiger partial charge < -0.3 is 14.2 Å². The van der Waals surface area contributed by atoms with Crippen molar-refractivity contribution in [3.63, 3.8) is 0 Å². The maximum atomic E-state index is 12.7. The van der Waals surface area contributed by atoms with Gasteiger partial charge >= 0.3 is 0 Å². The van der Waals surface area contributed by atoms with E-state index < -0.39 is 10.8 Å². The zero-order valence-electron chi connectivity index (χ0n) is 21.2. The van der Waals surface area contributed by atoms with Crippen LogP contribution in [-0.4, -0.2) is 20.9 Å². The highest BCUT2D eigenvalue weighted by Crippen LogP contribution is 2.29. The summed E-state index contributed by atoms with van der Waals surface area (Å²) in [6.07, 6.45) is 0. The molecule has 0 aliphatic carbocycles. The van der Waals surface area contributed by atoms with E-state index in [0.717, 1.165) is 16.7 Å². The predicted molar refractivity (Wildman–Crippen MR) is 159 cm³/mol. The van der Waals surface area contributed by atoms with Crippen molar-refractivity contribution in [2.24, 2.45) is 0 Å². The number of hydrogen-bond acceptors (Lipinski definition) is 7. The van der Waals surface area contributed by atoms with Gasteiger partial charge in [0.25, 0.3) is 11.6 Å². The number of rotatable bonds is 6. The summed E-state index contributed by atoms with van der Waals surface area (Å²) in [5.41, 5.74) is 5.32. The van der Waals surface area contributed by atoms with Crippen molar-refractivity contribution in [1.29, 1.82) is 0 Å². The van der Waals surface area contributed by atoms with E-state index in [1.54, 1.807) is 36.4 Å². The lowest BCUT2D eigenvalue weighted by Gasteiger charge is -2.08. The number of nitrogens with zero attached hydrogens (tertiary/aromatic N) is 2. The molecule has 0 bridgehead atoms. The second-order valence-electron chi connectivity index (χ2n) is 9.02. The molecule has 4 aromatic carbocycles. The normalized spacial score (nSPS) is 10.8. The fourth-order valence-electron chi connectivity index (χ4n) is 4.28. The van der Waals surface area contributed by atoms with Crippen LogP contribution >= 0.6 is 12.2 Å². The molecule has 2 heterocycles. The first-order valence-corrected chi connectivity index (χ1v) is 12.9. The summed E-state index contributed by atoms with van der Waals surface area (Å²) in [5.74, 6) is 0.248. The van der Waals surface area contributed by atoms with Crippen molar-refractivity contribution < 1.29 is 18.6 Å². The van der Waals surface area contributed by atoms with E-state index in [-0.39, 0.29) is 16.6 Å². The minimum Gasteiger partial charge on any atom is -0.451 e. The molecule has 0 saturated heterocycles. The minimum absolute atomic E-state index is 0.00512. The quantitative estimate of drug-likeness (QED) is 0.122. The van der Waals surface area contributed by atoms with Gasteiger partial charge in [-0.25, -0.2) is 4.98 Å². The molecule has 0 aliphatic heterocycles. The molecule has 1 amide bonds. The lowest BCUT2D eigenvalue weighted by molar-refractivity contribution is -0.384. The van der Waals surface area contributed by atoms with Gasteiger partial charge in [0.05, 0.1) is 4.92 Å². The molecule has 0 unspecified atom stereocenters. The number of nitro benzene ring substituents is 1. The summed E-state index contributed by atoms with van der Waals surface area (Å²) in [4.78, 5) is 27.8. The number of furan rings is 1.